The zero-order chi connectivity index (χ0) is 39.6. The van der Waals surface area contributed by atoms with Gasteiger partial charge in [-0.2, -0.15) is 0 Å². The van der Waals surface area contributed by atoms with Crippen molar-refractivity contribution in [1.29, 1.82) is 0 Å². The minimum Gasteiger partial charge on any atom is -0.309 e. The highest BCUT2D eigenvalue weighted by atomic mass is 15.0. The quantitative estimate of drug-likeness (QED) is 0.169. The summed E-state index contributed by atoms with van der Waals surface area (Å²) in [4.78, 5) is 10.6. The second kappa shape index (κ2) is 13.8. The lowest BCUT2D eigenvalue weighted by molar-refractivity contribution is 1.13. The maximum Gasteiger partial charge on any atom is 0.160 e. The van der Waals surface area contributed by atoms with Crippen LogP contribution in [0.5, 0.6) is 0 Å². The molecule has 0 fully saturated rings. The lowest BCUT2D eigenvalue weighted by Gasteiger charge is -2.16. The molecule has 0 N–H and O–H groups in total. The van der Waals surface area contributed by atoms with Gasteiger partial charge in [0.25, 0.3) is 0 Å². The van der Waals surface area contributed by atoms with Crippen LogP contribution in [0.15, 0.2) is 218 Å². The highest BCUT2D eigenvalue weighted by Gasteiger charge is 2.19. The fourth-order valence-electron chi connectivity index (χ4n) is 9.06. The van der Waals surface area contributed by atoms with Crippen molar-refractivity contribution in [3.8, 4) is 56.4 Å². The first-order chi connectivity index (χ1) is 29.7. The molecule has 0 bridgehead atoms. The summed E-state index contributed by atoms with van der Waals surface area (Å²) in [5, 5.41) is 7.36. The van der Waals surface area contributed by atoms with Gasteiger partial charge in [0, 0.05) is 49.6 Å². The van der Waals surface area contributed by atoms with Crippen molar-refractivity contribution < 1.29 is 0 Å². The Hall–Kier alpha value is -8.08. The molecule has 0 aliphatic rings. The Morgan fingerprint density at radius 1 is 0.267 bits per heavy atom. The van der Waals surface area contributed by atoms with Gasteiger partial charge in [0.05, 0.1) is 33.5 Å². The number of aromatic nitrogens is 4. The molecule has 12 aromatic rings. The van der Waals surface area contributed by atoms with Gasteiger partial charge in [-0.1, -0.05) is 164 Å². The van der Waals surface area contributed by atoms with Crippen molar-refractivity contribution in [2.45, 2.75) is 0 Å². The first-order valence-corrected chi connectivity index (χ1v) is 20.4. The number of hydrogen-bond donors (Lipinski definition) is 0. The predicted molar refractivity (Wildman–Crippen MR) is 250 cm³/mol. The van der Waals surface area contributed by atoms with E-state index in [9.17, 15) is 0 Å². The summed E-state index contributed by atoms with van der Waals surface area (Å²) in [6.07, 6.45) is 0. The van der Waals surface area contributed by atoms with E-state index >= 15 is 0 Å². The molecule has 3 aromatic heterocycles. The minimum atomic E-state index is 0.683. The lowest BCUT2D eigenvalue weighted by atomic mass is 9.99. The number of fused-ring (bicyclic) bond motifs is 7. The van der Waals surface area contributed by atoms with Gasteiger partial charge in [0.1, 0.15) is 0 Å². The van der Waals surface area contributed by atoms with Gasteiger partial charge >= 0.3 is 0 Å². The van der Waals surface area contributed by atoms with Gasteiger partial charge in [0.2, 0.25) is 0 Å². The predicted octanol–water partition coefficient (Wildman–Crippen LogP) is 14.5. The Balaban J connectivity index is 1.09. The molecule has 4 nitrogen and oxygen atoms in total. The van der Waals surface area contributed by atoms with Gasteiger partial charge in [-0.3, -0.25) is 0 Å². The molecule has 4 heteroatoms. The molecule has 9 aromatic carbocycles. The molecule has 0 spiro atoms. The lowest BCUT2D eigenvalue weighted by Crippen LogP contribution is -2.01. The van der Waals surface area contributed by atoms with Crippen LogP contribution in [-0.4, -0.2) is 19.1 Å². The summed E-state index contributed by atoms with van der Waals surface area (Å²) in [7, 11) is 0. The van der Waals surface area contributed by atoms with Crippen molar-refractivity contribution in [3.05, 3.63) is 218 Å². The van der Waals surface area contributed by atoms with E-state index in [1.807, 2.05) is 18.2 Å². The van der Waals surface area contributed by atoms with Gasteiger partial charge < -0.3 is 9.13 Å². The third-order valence-corrected chi connectivity index (χ3v) is 11.9. The number of benzene rings is 9. The summed E-state index contributed by atoms with van der Waals surface area (Å²) in [6, 6.07) is 78.1. The molecule has 12 rings (SSSR count). The van der Waals surface area contributed by atoms with E-state index in [0.29, 0.717) is 5.82 Å². The molecule has 280 valence electrons. The Morgan fingerprint density at radius 3 is 1.25 bits per heavy atom. The topological polar surface area (TPSA) is 35.6 Å². The number of hydrogen-bond acceptors (Lipinski definition) is 2. The van der Waals surface area contributed by atoms with Crippen LogP contribution in [0, 0.1) is 0 Å². The molecule has 0 aliphatic carbocycles. The van der Waals surface area contributed by atoms with Crippen LogP contribution in [0.4, 0.5) is 0 Å². The van der Waals surface area contributed by atoms with Crippen molar-refractivity contribution in [1.82, 2.24) is 19.1 Å². The third-order valence-electron chi connectivity index (χ3n) is 11.9. The van der Waals surface area contributed by atoms with E-state index in [0.717, 1.165) is 67.1 Å². The summed E-state index contributed by atoms with van der Waals surface area (Å²) in [5.74, 6) is 0.683. The standard InChI is InChI=1S/C56H36N4/c1-2-15-40(16-3-1)56-57-50(39-29-26-38(27-30-39)42-31-28-37-14-4-5-17-41(37)32-42)36-51(58-56)43-33-44(59-52-22-10-6-18-46(52)47-19-7-11-23-53(47)59)35-45(34-43)60-54-24-12-8-20-48(54)49-21-9-13-25-55(49)60/h1-36H. The third kappa shape index (κ3) is 5.61. The molecule has 0 unspecified atom stereocenters. The second-order valence-electron chi connectivity index (χ2n) is 15.4. The highest BCUT2D eigenvalue weighted by Crippen LogP contribution is 2.39. The van der Waals surface area contributed by atoms with Crippen LogP contribution in [0.25, 0.3) is 111 Å². The molecular weight excluding hydrogens is 729 g/mol. The highest BCUT2D eigenvalue weighted by molar-refractivity contribution is 6.10. The Morgan fingerprint density at radius 2 is 0.700 bits per heavy atom. The molecule has 0 amide bonds. The minimum absolute atomic E-state index is 0.683. The van der Waals surface area contributed by atoms with E-state index in [4.69, 9.17) is 9.97 Å². The number of rotatable bonds is 6. The number of nitrogens with zero attached hydrogens (tertiary/aromatic N) is 4. The van der Waals surface area contributed by atoms with Gasteiger partial charge in [-0.15, -0.1) is 0 Å². The first-order valence-electron chi connectivity index (χ1n) is 20.4. The molecule has 3 heterocycles. The Kier molecular flexibility index (Phi) is 7.82. The molecule has 0 aliphatic heterocycles. The summed E-state index contributed by atoms with van der Waals surface area (Å²) in [5.41, 5.74) is 13.8. The maximum atomic E-state index is 5.36. The fraction of sp³-hybridized carbons (Fsp3) is 0. The van der Waals surface area contributed by atoms with Crippen LogP contribution in [0.1, 0.15) is 0 Å². The van der Waals surface area contributed by atoms with E-state index < -0.39 is 0 Å². The van der Waals surface area contributed by atoms with E-state index in [-0.39, 0.29) is 0 Å². The number of para-hydroxylation sites is 4. The zero-order valence-electron chi connectivity index (χ0n) is 32.6. The van der Waals surface area contributed by atoms with Crippen molar-refractivity contribution in [2.75, 3.05) is 0 Å². The molecule has 0 saturated carbocycles. The summed E-state index contributed by atoms with van der Waals surface area (Å²) < 4.78 is 4.80. The molecule has 0 atom stereocenters. The van der Waals surface area contributed by atoms with Crippen molar-refractivity contribution in [3.63, 3.8) is 0 Å². The van der Waals surface area contributed by atoms with E-state index in [1.54, 1.807) is 0 Å². The van der Waals surface area contributed by atoms with Crippen LogP contribution >= 0.6 is 0 Å². The average molecular weight is 765 g/mol. The second-order valence-corrected chi connectivity index (χ2v) is 15.4. The van der Waals surface area contributed by atoms with Gasteiger partial charge in [-0.05, 0) is 76.5 Å². The smallest absolute Gasteiger partial charge is 0.160 e. The van der Waals surface area contributed by atoms with Crippen LogP contribution in [-0.2, 0) is 0 Å². The van der Waals surface area contributed by atoms with Gasteiger partial charge in [-0.25, -0.2) is 9.97 Å². The largest absolute Gasteiger partial charge is 0.309 e. The normalized spacial score (nSPS) is 11.7. The molecule has 0 radical (unpaired) electrons. The maximum absolute atomic E-state index is 5.36. The Bertz CT molecular complexity index is 3360. The van der Waals surface area contributed by atoms with Crippen molar-refractivity contribution in [2.24, 2.45) is 0 Å². The molecular formula is C56H36N4. The van der Waals surface area contributed by atoms with Crippen LogP contribution in [0.2, 0.25) is 0 Å². The van der Waals surface area contributed by atoms with Crippen LogP contribution < -0.4 is 0 Å². The van der Waals surface area contributed by atoms with Crippen LogP contribution in [0.3, 0.4) is 0 Å². The fourth-order valence-corrected chi connectivity index (χ4v) is 9.06. The summed E-state index contributed by atoms with van der Waals surface area (Å²) in [6.45, 7) is 0. The zero-order valence-corrected chi connectivity index (χ0v) is 32.6. The molecule has 60 heavy (non-hydrogen) atoms. The van der Waals surface area contributed by atoms with E-state index in [1.165, 1.54) is 37.9 Å². The SMILES string of the molecule is c1ccc(-c2nc(-c3ccc(-c4ccc5ccccc5c4)cc3)cc(-c3cc(-n4c5ccccc5c5ccccc54)cc(-n4c5ccccc5c5ccccc54)c3)n2)cc1. The van der Waals surface area contributed by atoms with Gasteiger partial charge in [0.15, 0.2) is 5.82 Å². The average Bonchev–Trinajstić information content (AvgIpc) is 3.85. The Labute approximate surface area is 346 Å². The monoisotopic (exact) mass is 764 g/mol. The first kappa shape index (κ1) is 34.0. The van der Waals surface area contributed by atoms with Crippen molar-refractivity contribution >= 4 is 54.4 Å². The molecule has 0 saturated heterocycles. The summed E-state index contributed by atoms with van der Waals surface area (Å²) >= 11 is 0. The van der Waals surface area contributed by atoms with E-state index in [2.05, 4.69) is 209 Å².